The van der Waals surface area contributed by atoms with Gasteiger partial charge in [-0.2, -0.15) is 0 Å². The van der Waals surface area contributed by atoms with E-state index in [0.717, 1.165) is 16.4 Å². The summed E-state index contributed by atoms with van der Waals surface area (Å²) < 4.78 is 7.65. The van der Waals surface area contributed by atoms with Crippen LogP contribution in [0, 0.1) is 6.92 Å². The molecule has 7 heteroatoms. The van der Waals surface area contributed by atoms with Crippen LogP contribution in [-0.4, -0.2) is 27.0 Å². The van der Waals surface area contributed by atoms with Crippen molar-refractivity contribution in [2.45, 2.75) is 44.1 Å². The monoisotopic (exact) mass is 460 g/mol. The summed E-state index contributed by atoms with van der Waals surface area (Å²) in [6.07, 6.45) is 2.34. The number of pyridine rings is 1. The third kappa shape index (κ3) is 5.20. The summed E-state index contributed by atoms with van der Waals surface area (Å²) in [5.74, 6) is 1.30. The minimum absolute atomic E-state index is 0.119. The maximum absolute atomic E-state index is 13.5. The molecule has 2 aromatic heterocycles. The van der Waals surface area contributed by atoms with E-state index in [0.29, 0.717) is 30.1 Å². The highest BCUT2D eigenvalue weighted by Gasteiger charge is 2.26. The summed E-state index contributed by atoms with van der Waals surface area (Å²) in [7, 11) is 0. The van der Waals surface area contributed by atoms with Gasteiger partial charge in [0.15, 0.2) is 10.8 Å². The zero-order valence-electron chi connectivity index (χ0n) is 19.1. The van der Waals surface area contributed by atoms with Crippen LogP contribution in [0.5, 0.6) is 5.75 Å². The highest BCUT2D eigenvalue weighted by Crippen LogP contribution is 2.32. The highest BCUT2D eigenvalue weighted by atomic mass is 32.2. The number of thioether (sulfide) groups is 1. The van der Waals surface area contributed by atoms with Gasteiger partial charge in [0.05, 0.1) is 12.3 Å². The van der Waals surface area contributed by atoms with Crippen LogP contribution in [0.4, 0.5) is 5.69 Å². The first-order valence-corrected chi connectivity index (χ1v) is 12.1. The molecule has 1 N–H and O–H groups in total. The van der Waals surface area contributed by atoms with Gasteiger partial charge in [-0.05, 0) is 50.1 Å². The van der Waals surface area contributed by atoms with Crippen LogP contribution in [0.1, 0.15) is 37.4 Å². The molecule has 0 aliphatic heterocycles. The highest BCUT2D eigenvalue weighted by molar-refractivity contribution is 7.98. The third-order valence-electron chi connectivity index (χ3n) is 5.35. The first-order valence-electron chi connectivity index (χ1n) is 11.1. The summed E-state index contributed by atoms with van der Waals surface area (Å²) >= 11 is 1.62. The van der Waals surface area contributed by atoms with Crippen molar-refractivity contribution in [1.29, 1.82) is 0 Å². The van der Waals surface area contributed by atoms with Crippen LogP contribution in [-0.2, 0) is 10.5 Å². The number of carbonyl (C=O) groups excluding carboxylic acids is 1. The molecule has 0 saturated heterocycles. The Labute approximate surface area is 198 Å². The van der Waals surface area contributed by atoms with E-state index in [2.05, 4.69) is 41.5 Å². The number of benzene rings is 2. The Balaban J connectivity index is 1.65. The largest absolute Gasteiger partial charge is 0.492 e. The van der Waals surface area contributed by atoms with E-state index in [1.165, 1.54) is 11.1 Å². The Morgan fingerprint density at radius 2 is 1.88 bits per heavy atom. The molecule has 0 saturated carbocycles. The van der Waals surface area contributed by atoms with E-state index in [1.54, 1.807) is 18.0 Å². The van der Waals surface area contributed by atoms with Crippen molar-refractivity contribution in [3.8, 4) is 5.75 Å². The molecule has 33 heavy (non-hydrogen) atoms. The molecular formula is C26H28N4O2S. The average Bonchev–Trinajstić information content (AvgIpc) is 3.19. The van der Waals surface area contributed by atoms with Gasteiger partial charge >= 0.3 is 0 Å². The Morgan fingerprint density at radius 3 is 2.64 bits per heavy atom. The standard InChI is InChI=1S/C26H28N4O2S/c1-4-22(25(31)28-20-9-6-7-11-23(20)32-5-2)30-24-21(10-8-16-27-24)29-26(30)33-17-19-14-12-18(3)13-15-19/h6-16,22H,4-5,17H2,1-3H3,(H,28,31)/t22-/m0/s1. The Hall–Kier alpha value is -3.32. The second-order valence-electron chi connectivity index (χ2n) is 7.73. The lowest BCUT2D eigenvalue weighted by molar-refractivity contribution is -0.119. The van der Waals surface area contributed by atoms with Crippen molar-refractivity contribution < 1.29 is 9.53 Å². The number of imidazole rings is 1. The Bertz CT molecular complexity index is 1240. The van der Waals surface area contributed by atoms with Crippen LogP contribution >= 0.6 is 11.8 Å². The van der Waals surface area contributed by atoms with Gasteiger partial charge in [0, 0.05) is 11.9 Å². The molecule has 0 unspecified atom stereocenters. The fraction of sp³-hybridized carbons (Fsp3) is 0.269. The second kappa shape index (κ2) is 10.5. The average molecular weight is 461 g/mol. The van der Waals surface area contributed by atoms with Gasteiger partial charge in [-0.1, -0.05) is 60.6 Å². The van der Waals surface area contributed by atoms with Crippen molar-refractivity contribution in [2.75, 3.05) is 11.9 Å². The summed E-state index contributed by atoms with van der Waals surface area (Å²) in [6.45, 7) is 6.53. The topological polar surface area (TPSA) is 69.0 Å². The van der Waals surface area contributed by atoms with Crippen LogP contribution in [0.3, 0.4) is 0 Å². The summed E-state index contributed by atoms with van der Waals surface area (Å²) in [5.41, 5.74) is 4.60. The van der Waals surface area contributed by atoms with Crippen molar-refractivity contribution in [3.05, 3.63) is 78.0 Å². The number of anilines is 1. The van der Waals surface area contributed by atoms with Crippen molar-refractivity contribution in [3.63, 3.8) is 0 Å². The Morgan fingerprint density at radius 1 is 1.09 bits per heavy atom. The number of rotatable bonds is 9. The van der Waals surface area contributed by atoms with E-state index < -0.39 is 6.04 Å². The van der Waals surface area contributed by atoms with E-state index in [4.69, 9.17) is 9.72 Å². The number of amides is 1. The maximum Gasteiger partial charge on any atom is 0.247 e. The molecule has 2 heterocycles. The van der Waals surface area contributed by atoms with Crippen LogP contribution in [0.2, 0.25) is 0 Å². The number of nitrogens with zero attached hydrogens (tertiary/aromatic N) is 3. The first-order chi connectivity index (χ1) is 16.1. The molecule has 0 aliphatic rings. The van der Waals surface area contributed by atoms with Gasteiger partial charge in [-0.15, -0.1) is 0 Å². The van der Waals surface area contributed by atoms with Gasteiger partial charge in [0.1, 0.15) is 17.3 Å². The lowest BCUT2D eigenvalue weighted by atomic mass is 10.2. The number of hydrogen-bond donors (Lipinski definition) is 1. The zero-order chi connectivity index (χ0) is 23.2. The molecule has 4 rings (SSSR count). The van der Waals surface area contributed by atoms with Gasteiger partial charge in [0.25, 0.3) is 0 Å². The van der Waals surface area contributed by atoms with Crippen LogP contribution < -0.4 is 10.1 Å². The minimum atomic E-state index is -0.458. The molecule has 0 spiro atoms. The van der Waals surface area contributed by atoms with Gasteiger partial charge in [-0.3, -0.25) is 9.36 Å². The van der Waals surface area contributed by atoms with Gasteiger partial charge in [0.2, 0.25) is 5.91 Å². The molecule has 4 aromatic rings. The lowest BCUT2D eigenvalue weighted by Gasteiger charge is -2.20. The van der Waals surface area contributed by atoms with E-state index in [-0.39, 0.29) is 5.91 Å². The summed E-state index contributed by atoms with van der Waals surface area (Å²) in [5, 5.41) is 3.84. The molecule has 0 fully saturated rings. The van der Waals surface area contributed by atoms with Crippen molar-refractivity contribution in [1.82, 2.24) is 14.5 Å². The molecular weight excluding hydrogens is 432 g/mol. The Kier molecular flexibility index (Phi) is 7.29. The summed E-state index contributed by atoms with van der Waals surface area (Å²) in [6, 6.07) is 19.3. The lowest BCUT2D eigenvalue weighted by Crippen LogP contribution is -2.26. The molecule has 1 amide bonds. The third-order valence-corrected chi connectivity index (χ3v) is 6.37. The normalized spacial score (nSPS) is 12.0. The first kappa shape index (κ1) is 22.9. The van der Waals surface area contributed by atoms with E-state index in [9.17, 15) is 4.79 Å². The van der Waals surface area contributed by atoms with Crippen LogP contribution in [0.15, 0.2) is 72.0 Å². The maximum atomic E-state index is 13.5. The van der Waals surface area contributed by atoms with E-state index in [1.807, 2.05) is 54.8 Å². The molecule has 0 bridgehead atoms. The molecule has 0 radical (unpaired) electrons. The quantitative estimate of drug-likeness (QED) is 0.309. The summed E-state index contributed by atoms with van der Waals surface area (Å²) in [4.78, 5) is 22.8. The number of hydrogen-bond acceptors (Lipinski definition) is 5. The van der Waals surface area contributed by atoms with Crippen LogP contribution in [0.25, 0.3) is 11.2 Å². The molecule has 0 aliphatic carbocycles. The van der Waals surface area contributed by atoms with Crippen molar-refractivity contribution in [2.24, 2.45) is 0 Å². The predicted molar refractivity (Wildman–Crippen MR) is 134 cm³/mol. The van der Waals surface area contributed by atoms with Crippen molar-refractivity contribution >= 4 is 34.5 Å². The number of aromatic nitrogens is 3. The minimum Gasteiger partial charge on any atom is -0.492 e. The number of aryl methyl sites for hydroxylation is 1. The van der Waals surface area contributed by atoms with E-state index >= 15 is 0 Å². The second-order valence-corrected chi connectivity index (χ2v) is 8.67. The molecule has 1 atom stereocenters. The smallest absolute Gasteiger partial charge is 0.247 e. The SMILES string of the molecule is CCOc1ccccc1NC(=O)[C@H](CC)n1c(SCc2ccc(C)cc2)nc2cccnc21. The zero-order valence-corrected chi connectivity index (χ0v) is 19.9. The number of fused-ring (bicyclic) bond motifs is 1. The molecule has 6 nitrogen and oxygen atoms in total. The number of ether oxygens (including phenoxy) is 1. The van der Waals surface area contributed by atoms with Gasteiger partial charge < -0.3 is 10.1 Å². The number of nitrogens with one attached hydrogen (secondary N) is 1. The molecule has 170 valence electrons. The fourth-order valence-corrected chi connectivity index (χ4v) is 4.68. The number of carbonyl (C=O) groups is 1. The van der Waals surface area contributed by atoms with Gasteiger partial charge in [-0.25, -0.2) is 9.97 Å². The number of para-hydroxylation sites is 2. The fourth-order valence-electron chi connectivity index (χ4n) is 3.68. The predicted octanol–water partition coefficient (Wildman–Crippen LogP) is 6.02. The molecule has 2 aromatic carbocycles.